The van der Waals surface area contributed by atoms with Gasteiger partial charge >= 0.3 is 0 Å². The minimum Gasteiger partial charge on any atom is -0.494 e. The Morgan fingerprint density at radius 1 is 1.00 bits per heavy atom. The lowest BCUT2D eigenvalue weighted by atomic mass is 10.1. The molecule has 6 nitrogen and oxygen atoms in total. The molecule has 0 aliphatic rings. The van der Waals surface area contributed by atoms with Gasteiger partial charge in [-0.1, -0.05) is 12.1 Å². The molecule has 3 aromatic rings. The number of rotatable bonds is 8. The summed E-state index contributed by atoms with van der Waals surface area (Å²) in [6.07, 6.45) is 0. The molecule has 6 heteroatoms. The summed E-state index contributed by atoms with van der Waals surface area (Å²) in [4.78, 5) is 17.1. The van der Waals surface area contributed by atoms with E-state index in [2.05, 4.69) is 10.3 Å². The van der Waals surface area contributed by atoms with Crippen molar-refractivity contribution in [1.82, 2.24) is 4.98 Å². The van der Waals surface area contributed by atoms with Crippen molar-refractivity contribution in [2.75, 3.05) is 19.0 Å². The fourth-order valence-electron chi connectivity index (χ4n) is 2.85. The summed E-state index contributed by atoms with van der Waals surface area (Å²) in [7, 11) is 1.61. The first-order valence-electron chi connectivity index (χ1n) is 9.36. The number of nitrogens with zero attached hydrogens (tertiary/aromatic N) is 1. The van der Waals surface area contributed by atoms with Crippen LogP contribution in [0.5, 0.6) is 17.2 Å². The summed E-state index contributed by atoms with van der Waals surface area (Å²) in [5, 5.41) is 2.89. The van der Waals surface area contributed by atoms with Crippen molar-refractivity contribution in [1.29, 1.82) is 0 Å². The molecule has 0 bridgehead atoms. The van der Waals surface area contributed by atoms with E-state index in [1.54, 1.807) is 32.2 Å². The van der Waals surface area contributed by atoms with Gasteiger partial charge < -0.3 is 19.5 Å². The molecule has 1 amide bonds. The lowest BCUT2D eigenvalue weighted by molar-refractivity contribution is 0.102. The van der Waals surface area contributed by atoms with E-state index in [1.807, 2.05) is 49.4 Å². The van der Waals surface area contributed by atoms with E-state index in [0.29, 0.717) is 41.7 Å². The third-order valence-electron chi connectivity index (χ3n) is 4.12. The average Bonchev–Trinajstić information content (AvgIpc) is 2.69. The summed E-state index contributed by atoms with van der Waals surface area (Å²) < 4.78 is 16.5. The quantitative estimate of drug-likeness (QED) is 0.585. The van der Waals surface area contributed by atoms with Crippen molar-refractivity contribution in [3.05, 3.63) is 77.6 Å². The zero-order chi connectivity index (χ0) is 20.6. The summed E-state index contributed by atoms with van der Waals surface area (Å²) in [5.41, 5.74) is 2.58. The van der Waals surface area contributed by atoms with Gasteiger partial charge in [0.15, 0.2) is 0 Å². The molecule has 0 radical (unpaired) electrons. The smallest absolute Gasteiger partial charge is 0.257 e. The van der Waals surface area contributed by atoms with Crippen LogP contribution in [0.1, 0.15) is 28.7 Å². The minimum atomic E-state index is -0.227. The fourth-order valence-corrected chi connectivity index (χ4v) is 2.85. The Morgan fingerprint density at radius 3 is 2.45 bits per heavy atom. The van der Waals surface area contributed by atoms with Gasteiger partial charge in [-0.05, 0) is 50.2 Å². The van der Waals surface area contributed by atoms with Crippen LogP contribution in [-0.4, -0.2) is 24.6 Å². The monoisotopic (exact) mass is 392 g/mol. The molecule has 1 heterocycles. The van der Waals surface area contributed by atoms with Gasteiger partial charge in [-0.2, -0.15) is 0 Å². The molecule has 0 spiro atoms. The lowest BCUT2D eigenvalue weighted by Crippen LogP contribution is -2.14. The van der Waals surface area contributed by atoms with Gasteiger partial charge in [0.05, 0.1) is 30.2 Å². The van der Waals surface area contributed by atoms with Crippen molar-refractivity contribution >= 4 is 11.6 Å². The number of aromatic nitrogens is 1. The summed E-state index contributed by atoms with van der Waals surface area (Å²) in [6.45, 7) is 4.74. The highest BCUT2D eigenvalue weighted by molar-refractivity contribution is 6.05. The predicted octanol–water partition coefficient (Wildman–Crippen LogP) is 4.98. The van der Waals surface area contributed by atoms with Crippen molar-refractivity contribution in [2.45, 2.75) is 20.5 Å². The van der Waals surface area contributed by atoms with Gasteiger partial charge in [0.2, 0.25) is 0 Å². The first-order chi connectivity index (χ1) is 14.1. The molecule has 0 unspecified atom stereocenters. The number of nitrogens with one attached hydrogen (secondary N) is 1. The Labute approximate surface area is 170 Å². The maximum absolute atomic E-state index is 12.7. The molecule has 0 fully saturated rings. The normalized spacial score (nSPS) is 10.4. The summed E-state index contributed by atoms with van der Waals surface area (Å²) in [6, 6.07) is 18.2. The number of methoxy groups -OCH3 is 1. The molecule has 2 aromatic carbocycles. The van der Waals surface area contributed by atoms with Gasteiger partial charge in [0.25, 0.3) is 5.91 Å². The molecule has 0 atom stereocenters. The van der Waals surface area contributed by atoms with Gasteiger partial charge in [0.1, 0.15) is 17.2 Å². The van der Waals surface area contributed by atoms with Gasteiger partial charge in [0, 0.05) is 24.9 Å². The van der Waals surface area contributed by atoms with E-state index in [4.69, 9.17) is 14.2 Å². The Hall–Kier alpha value is -3.38. The second-order valence-corrected chi connectivity index (χ2v) is 6.36. The predicted molar refractivity (Wildman–Crippen MR) is 112 cm³/mol. The highest BCUT2D eigenvalue weighted by Gasteiger charge is 2.12. The van der Waals surface area contributed by atoms with Crippen molar-refractivity contribution in [2.24, 2.45) is 0 Å². The molecule has 0 saturated heterocycles. The SMILES string of the molecule is CCOc1cccc(Oc2cccc(NC(=O)c3ccc(COC)nc3C)c2)c1. The largest absolute Gasteiger partial charge is 0.494 e. The zero-order valence-corrected chi connectivity index (χ0v) is 16.8. The maximum atomic E-state index is 12.7. The van der Waals surface area contributed by atoms with Crippen molar-refractivity contribution in [3.8, 4) is 17.2 Å². The molecule has 0 aliphatic carbocycles. The van der Waals surface area contributed by atoms with E-state index in [9.17, 15) is 4.79 Å². The van der Waals surface area contributed by atoms with E-state index in [1.165, 1.54) is 0 Å². The van der Waals surface area contributed by atoms with Crippen molar-refractivity contribution in [3.63, 3.8) is 0 Å². The molecular formula is C23H24N2O4. The van der Waals surface area contributed by atoms with Crippen LogP contribution in [0.2, 0.25) is 0 Å². The van der Waals surface area contributed by atoms with Crippen molar-refractivity contribution < 1.29 is 19.0 Å². The standard InChI is InChI=1S/C23H24N2O4/c1-4-28-19-8-6-10-21(14-19)29-20-9-5-7-17(13-20)25-23(26)22-12-11-18(15-27-3)24-16(22)2/h5-14H,4,15H2,1-3H3,(H,25,26). The number of anilines is 1. The van der Waals surface area contributed by atoms with Gasteiger partial charge in [-0.15, -0.1) is 0 Å². The Bertz CT molecular complexity index is 988. The number of ether oxygens (including phenoxy) is 3. The molecule has 1 N–H and O–H groups in total. The number of carbonyl (C=O) groups excluding carboxylic acids is 1. The molecule has 29 heavy (non-hydrogen) atoms. The highest BCUT2D eigenvalue weighted by atomic mass is 16.5. The Balaban J connectivity index is 1.71. The second kappa shape index (κ2) is 9.71. The van der Waals surface area contributed by atoms with Crippen LogP contribution in [0.4, 0.5) is 5.69 Å². The fraction of sp³-hybridized carbons (Fsp3) is 0.217. The van der Waals surface area contributed by atoms with E-state index >= 15 is 0 Å². The summed E-state index contributed by atoms with van der Waals surface area (Å²) >= 11 is 0. The molecule has 3 rings (SSSR count). The molecule has 0 aliphatic heterocycles. The minimum absolute atomic E-state index is 0.227. The molecule has 0 saturated carbocycles. The van der Waals surface area contributed by atoms with Crippen LogP contribution in [0.15, 0.2) is 60.7 Å². The zero-order valence-electron chi connectivity index (χ0n) is 16.8. The van der Waals surface area contributed by atoms with E-state index in [0.717, 1.165) is 11.4 Å². The third-order valence-corrected chi connectivity index (χ3v) is 4.12. The number of carbonyl (C=O) groups is 1. The van der Waals surface area contributed by atoms with E-state index in [-0.39, 0.29) is 5.91 Å². The number of amides is 1. The number of aryl methyl sites for hydroxylation is 1. The Morgan fingerprint density at radius 2 is 1.72 bits per heavy atom. The molecule has 1 aromatic heterocycles. The van der Waals surface area contributed by atoms with Crippen LogP contribution < -0.4 is 14.8 Å². The number of pyridine rings is 1. The van der Waals surface area contributed by atoms with Crippen LogP contribution in [0.3, 0.4) is 0 Å². The number of benzene rings is 2. The van der Waals surface area contributed by atoms with Gasteiger partial charge in [-0.25, -0.2) is 0 Å². The number of hydrogen-bond acceptors (Lipinski definition) is 5. The summed E-state index contributed by atoms with van der Waals surface area (Å²) in [5.74, 6) is 1.79. The van der Waals surface area contributed by atoms with Crippen LogP contribution in [0, 0.1) is 6.92 Å². The molecule has 150 valence electrons. The first-order valence-corrected chi connectivity index (χ1v) is 9.36. The number of hydrogen-bond donors (Lipinski definition) is 1. The molecular weight excluding hydrogens is 368 g/mol. The third kappa shape index (κ3) is 5.56. The topological polar surface area (TPSA) is 69.7 Å². The first kappa shape index (κ1) is 20.4. The maximum Gasteiger partial charge on any atom is 0.257 e. The van der Waals surface area contributed by atoms with Crippen LogP contribution in [0.25, 0.3) is 0 Å². The van der Waals surface area contributed by atoms with E-state index < -0.39 is 0 Å². The Kier molecular flexibility index (Phi) is 6.81. The average molecular weight is 392 g/mol. The lowest BCUT2D eigenvalue weighted by Gasteiger charge is -2.11. The van der Waals surface area contributed by atoms with Crippen LogP contribution >= 0.6 is 0 Å². The van der Waals surface area contributed by atoms with Crippen LogP contribution in [-0.2, 0) is 11.3 Å². The second-order valence-electron chi connectivity index (χ2n) is 6.36. The highest BCUT2D eigenvalue weighted by Crippen LogP contribution is 2.27. The van der Waals surface area contributed by atoms with Gasteiger partial charge in [-0.3, -0.25) is 9.78 Å².